The Hall–Kier alpha value is -1.12. The standard InChI is InChI=1S/C10H6Cl2N2/c11-7-5-8(10(12)14-6-7)9-3-1-2-4-13-9/h1-6H. The minimum atomic E-state index is 0.410. The Balaban J connectivity index is 2.57. The fraction of sp³-hybridized carbons (Fsp3) is 0. The molecule has 0 N–H and O–H groups in total. The summed E-state index contributed by atoms with van der Waals surface area (Å²) in [4.78, 5) is 8.12. The number of aromatic nitrogens is 2. The van der Waals surface area contributed by atoms with Gasteiger partial charge in [0.25, 0.3) is 0 Å². The third-order valence-electron chi connectivity index (χ3n) is 1.75. The van der Waals surface area contributed by atoms with Crippen molar-refractivity contribution in [1.29, 1.82) is 0 Å². The molecule has 2 rings (SSSR count). The molecule has 2 aromatic heterocycles. The van der Waals surface area contributed by atoms with Crippen LogP contribution >= 0.6 is 23.2 Å². The summed E-state index contributed by atoms with van der Waals surface area (Å²) >= 11 is 11.7. The van der Waals surface area contributed by atoms with Crippen molar-refractivity contribution in [1.82, 2.24) is 9.97 Å². The van der Waals surface area contributed by atoms with Gasteiger partial charge in [-0.2, -0.15) is 0 Å². The Morgan fingerprint density at radius 1 is 1.07 bits per heavy atom. The van der Waals surface area contributed by atoms with Gasteiger partial charge in [0.05, 0.1) is 10.7 Å². The average molecular weight is 225 g/mol. The summed E-state index contributed by atoms with van der Waals surface area (Å²) in [7, 11) is 0. The van der Waals surface area contributed by atoms with Crippen LogP contribution < -0.4 is 0 Å². The normalized spacial score (nSPS) is 10.1. The zero-order valence-electron chi connectivity index (χ0n) is 7.11. The van der Waals surface area contributed by atoms with Gasteiger partial charge in [-0.3, -0.25) is 4.98 Å². The highest BCUT2D eigenvalue weighted by Crippen LogP contribution is 2.26. The van der Waals surface area contributed by atoms with E-state index >= 15 is 0 Å². The first-order valence-electron chi connectivity index (χ1n) is 4.00. The first kappa shape index (κ1) is 9.44. The van der Waals surface area contributed by atoms with Crippen LogP contribution in [0, 0.1) is 0 Å². The van der Waals surface area contributed by atoms with E-state index in [2.05, 4.69) is 9.97 Å². The lowest BCUT2D eigenvalue weighted by Gasteiger charge is -2.02. The molecule has 2 aromatic rings. The maximum atomic E-state index is 5.92. The van der Waals surface area contributed by atoms with Crippen molar-refractivity contribution in [2.24, 2.45) is 0 Å². The van der Waals surface area contributed by atoms with E-state index < -0.39 is 0 Å². The van der Waals surface area contributed by atoms with Crippen LogP contribution in [0.3, 0.4) is 0 Å². The number of rotatable bonds is 1. The van der Waals surface area contributed by atoms with Crippen LogP contribution in [0.15, 0.2) is 36.7 Å². The van der Waals surface area contributed by atoms with E-state index in [1.807, 2.05) is 18.2 Å². The Morgan fingerprint density at radius 3 is 2.64 bits per heavy atom. The molecule has 0 aliphatic heterocycles. The molecule has 0 unspecified atom stereocenters. The van der Waals surface area contributed by atoms with Gasteiger partial charge in [-0.25, -0.2) is 4.98 Å². The second-order valence-electron chi connectivity index (χ2n) is 2.71. The lowest BCUT2D eigenvalue weighted by atomic mass is 10.2. The molecule has 0 aromatic carbocycles. The predicted molar refractivity (Wildman–Crippen MR) is 57.5 cm³/mol. The van der Waals surface area contributed by atoms with Crippen LogP contribution in [-0.2, 0) is 0 Å². The Labute approximate surface area is 91.5 Å². The first-order chi connectivity index (χ1) is 6.77. The summed E-state index contributed by atoms with van der Waals surface area (Å²) < 4.78 is 0. The summed E-state index contributed by atoms with van der Waals surface area (Å²) in [5.41, 5.74) is 1.52. The summed E-state index contributed by atoms with van der Waals surface area (Å²) in [6.07, 6.45) is 3.21. The molecule has 14 heavy (non-hydrogen) atoms. The van der Waals surface area contributed by atoms with Crippen LogP contribution in [0.2, 0.25) is 10.2 Å². The van der Waals surface area contributed by atoms with Crippen molar-refractivity contribution < 1.29 is 0 Å². The van der Waals surface area contributed by atoms with Crippen LogP contribution in [0.5, 0.6) is 0 Å². The van der Waals surface area contributed by atoms with Gasteiger partial charge in [-0.05, 0) is 18.2 Å². The second-order valence-corrected chi connectivity index (χ2v) is 3.50. The number of pyridine rings is 2. The zero-order valence-corrected chi connectivity index (χ0v) is 8.63. The third-order valence-corrected chi connectivity index (χ3v) is 2.25. The van der Waals surface area contributed by atoms with Gasteiger partial charge in [0.1, 0.15) is 5.15 Å². The van der Waals surface area contributed by atoms with Crippen molar-refractivity contribution in [3.63, 3.8) is 0 Å². The summed E-state index contributed by atoms with van der Waals surface area (Å²) in [5.74, 6) is 0. The SMILES string of the molecule is Clc1cnc(Cl)c(-c2ccccn2)c1. The van der Waals surface area contributed by atoms with E-state index in [9.17, 15) is 0 Å². The molecule has 0 bridgehead atoms. The zero-order chi connectivity index (χ0) is 9.97. The Morgan fingerprint density at radius 2 is 1.93 bits per heavy atom. The molecule has 0 radical (unpaired) electrons. The fourth-order valence-electron chi connectivity index (χ4n) is 1.12. The molecule has 0 saturated heterocycles. The fourth-order valence-corrected chi connectivity index (χ4v) is 1.48. The van der Waals surface area contributed by atoms with Crippen molar-refractivity contribution in [2.45, 2.75) is 0 Å². The van der Waals surface area contributed by atoms with Crippen molar-refractivity contribution in [2.75, 3.05) is 0 Å². The molecule has 0 fully saturated rings. The molecule has 0 amide bonds. The van der Waals surface area contributed by atoms with Crippen molar-refractivity contribution in [3.8, 4) is 11.3 Å². The maximum absolute atomic E-state index is 5.92. The molecule has 2 nitrogen and oxygen atoms in total. The molecule has 4 heteroatoms. The number of hydrogen-bond donors (Lipinski definition) is 0. The van der Waals surface area contributed by atoms with Gasteiger partial charge in [0.2, 0.25) is 0 Å². The largest absolute Gasteiger partial charge is 0.256 e. The molecule has 0 aliphatic rings. The van der Waals surface area contributed by atoms with Gasteiger partial charge < -0.3 is 0 Å². The molecular formula is C10H6Cl2N2. The summed E-state index contributed by atoms with van der Waals surface area (Å²) in [5, 5.41) is 0.961. The van der Waals surface area contributed by atoms with Gasteiger partial charge in [-0.1, -0.05) is 29.3 Å². The number of halogens is 2. The van der Waals surface area contributed by atoms with E-state index in [4.69, 9.17) is 23.2 Å². The second kappa shape index (κ2) is 3.95. The van der Waals surface area contributed by atoms with E-state index in [0.29, 0.717) is 10.2 Å². The predicted octanol–water partition coefficient (Wildman–Crippen LogP) is 3.45. The van der Waals surface area contributed by atoms with Crippen molar-refractivity contribution >= 4 is 23.2 Å². The number of nitrogens with zero attached hydrogens (tertiary/aromatic N) is 2. The minimum Gasteiger partial charge on any atom is -0.256 e. The van der Waals surface area contributed by atoms with E-state index in [1.54, 1.807) is 12.3 Å². The minimum absolute atomic E-state index is 0.410. The van der Waals surface area contributed by atoms with Crippen LogP contribution in [0.4, 0.5) is 0 Å². The molecule has 0 atom stereocenters. The van der Waals surface area contributed by atoms with Crippen LogP contribution in [0.25, 0.3) is 11.3 Å². The van der Waals surface area contributed by atoms with E-state index in [0.717, 1.165) is 11.3 Å². The quantitative estimate of drug-likeness (QED) is 0.694. The third kappa shape index (κ3) is 1.86. The van der Waals surface area contributed by atoms with Gasteiger partial charge in [0.15, 0.2) is 0 Å². The Kier molecular flexibility index (Phi) is 2.66. The van der Waals surface area contributed by atoms with E-state index in [1.165, 1.54) is 6.20 Å². The van der Waals surface area contributed by atoms with E-state index in [-0.39, 0.29) is 0 Å². The summed E-state index contributed by atoms with van der Waals surface area (Å²) in [6, 6.07) is 7.34. The highest BCUT2D eigenvalue weighted by molar-refractivity contribution is 6.34. The highest BCUT2D eigenvalue weighted by Gasteiger charge is 2.05. The van der Waals surface area contributed by atoms with Gasteiger partial charge in [-0.15, -0.1) is 0 Å². The highest BCUT2D eigenvalue weighted by atomic mass is 35.5. The first-order valence-corrected chi connectivity index (χ1v) is 4.75. The van der Waals surface area contributed by atoms with Gasteiger partial charge in [0, 0.05) is 18.0 Å². The lowest BCUT2D eigenvalue weighted by molar-refractivity contribution is 1.28. The summed E-state index contributed by atoms with van der Waals surface area (Å²) in [6.45, 7) is 0. The van der Waals surface area contributed by atoms with Crippen molar-refractivity contribution in [3.05, 3.63) is 46.8 Å². The molecule has 2 heterocycles. The van der Waals surface area contributed by atoms with Crippen LogP contribution in [-0.4, -0.2) is 9.97 Å². The van der Waals surface area contributed by atoms with Crippen LogP contribution in [0.1, 0.15) is 0 Å². The monoisotopic (exact) mass is 224 g/mol. The molecule has 0 saturated carbocycles. The maximum Gasteiger partial charge on any atom is 0.138 e. The lowest BCUT2D eigenvalue weighted by Crippen LogP contribution is -1.85. The molecule has 70 valence electrons. The molecule has 0 aliphatic carbocycles. The van der Waals surface area contributed by atoms with Gasteiger partial charge >= 0.3 is 0 Å². The Bertz CT molecular complexity index is 443. The molecular weight excluding hydrogens is 219 g/mol. The smallest absolute Gasteiger partial charge is 0.138 e. The average Bonchev–Trinajstić information content (AvgIpc) is 2.23. The molecule has 0 spiro atoms. The topological polar surface area (TPSA) is 25.8 Å². The number of hydrogen-bond acceptors (Lipinski definition) is 2.